The van der Waals surface area contributed by atoms with Crippen molar-refractivity contribution in [2.75, 3.05) is 13.1 Å². The van der Waals surface area contributed by atoms with Crippen molar-refractivity contribution in [3.63, 3.8) is 0 Å². The van der Waals surface area contributed by atoms with Gasteiger partial charge < -0.3 is 10.6 Å². The predicted octanol–water partition coefficient (Wildman–Crippen LogP) is 3.03. The van der Waals surface area contributed by atoms with Gasteiger partial charge in [0, 0.05) is 23.7 Å². The van der Waals surface area contributed by atoms with Crippen LogP contribution in [0.15, 0.2) is 11.6 Å². The lowest BCUT2D eigenvalue weighted by atomic mass is 9.77. The quantitative estimate of drug-likeness (QED) is 0.808. The van der Waals surface area contributed by atoms with Gasteiger partial charge in [-0.1, -0.05) is 37.4 Å². The van der Waals surface area contributed by atoms with Crippen molar-refractivity contribution in [1.29, 1.82) is 0 Å². The van der Waals surface area contributed by atoms with Crippen LogP contribution in [0.2, 0.25) is 0 Å². The Morgan fingerprint density at radius 3 is 2.65 bits per heavy atom. The van der Waals surface area contributed by atoms with E-state index in [2.05, 4.69) is 17.2 Å². The van der Waals surface area contributed by atoms with Gasteiger partial charge in [0.25, 0.3) is 0 Å². The van der Waals surface area contributed by atoms with Gasteiger partial charge in [0.05, 0.1) is 0 Å². The molecule has 2 fully saturated rings. The summed E-state index contributed by atoms with van der Waals surface area (Å²) in [5, 5.41) is 8.04. The highest BCUT2D eigenvalue weighted by molar-refractivity contribution is 6.29. The van der Waals surface area contributed by atoms with Crippen LogP contribution in [0.1, 0.15) is 44.9 Å². The Morgan fingerprint density at radius 1 is 1.18 bits per heavy atom. The van der Waals surface area contributed by atoms with E-state index in [9.17, 15) is 0 Å². The molecule has 1 aliphatic heterocycles. The number of hydrogen-bond donors (Lipinski definition) is 2. The minimum absolute atomic E-state index is 0.634. The third kappa shape index (κ3) is 3.97. The van der Waals surface area contributed by atoms with Gasteiger partial charge in [-0.2, -0.15) is 0 Å². The van der Waals surface area contributed by atoms with Crippen LogP contribution in [-0.2, 0) is 0 Å². The van der Waals surface area contributed by atoms with Crippen LogP contribution in [0.5, 0.6) is 0 Å². The van der Waals surface area contributed by atoms with E-state index < -0.39 is 0 Å². The van der Waals surface area contributed by atoms with Gasteiger partial charge in [-0.05, 0) is 38.1 Å². The van der Waals surface area contributed by atoms with Gasteiger partial charge in [-0.3, -0.25) is 0 Å². The van der Waals surface area contributed by atoms with Crippen LogP contribution < -0.4 is 10.6 Å². The minimum atomic E-state index is 0.634. The van der Waals surface area contributed by atoms with E-state index in [1.54, 1.807) is 0 Å². The second kappa shape index (κ2) is 6.77. The molecule has 0 radical (unpaired) electrons. The summed E-state index contributed by atoms with van der Waals surface area (Å²) in [6.07, 6.45) is 9.50. The lowest BCUT2D eigenvalue weighted by molar-refractivity contribution is 0.185. The molecule has 98 valence electrons. The Bertz CT molecular complexity index is 249. The van der Waals surface area contributed by atoms with E-state index in [0.717, 1.165) is 23.5 Å². The summed E-state index contributed by atoms with van der Waals surface area (Å²) in [7, 11) is 0. The van der Waals surface area contributed by atoms with Crippen molar-refractivity contribution < 1.29 is 0 Å². The molecule has 3 heteroatoms. The maximum atomic E-state index is 5.86. The molecule has 2 aliphatic rings. The molecule has 2 N–H and O–H groups in total. The number of hydrogen-bond acceptors (Lipinski definition) is 2. The lowest BCUT2D eigenvalue weighted by Crippen LogP contribution is -2.50. The van der Waals surface area contributed by atoms with Crippen LogP contribution in [-0.4, -0.2) is 25.2 Å². The second-order valence-corrected chi connectivity index (χ2v) is 6.04. The molecule has 1 saturated carbocycles. The van der Waals surface area contributed by atoms with Gasteiger partial charge in [0.1, 0.15) is 0 Å². The summed E-state index contributed by atoms with van der Waals surface area (Å²) in [6.45, 7) is 5.73. The van der Waals surface area contributed by atoms with E-state index >= 15 is 0 Å². The van der Waals surface area contributed by atoms with E-state index in [1.807, 2.05) is 0 Å². The van der Waals surface area contributed by atoms with Crippen molar-refractivity contribution in [3.05, 3.63) is 11.6 Å². The van der Waals surface area contributed by atoms with Crippen LogP contribution >= 0.6 is 11.6 Å². The van der Waals surface area contributed by atoms with Crippen molar-refractivity contribution in [2.24, 2.45) is 5.92 Å². The molecule has 1 aliphatic carbocycles. The van der Waals surface area contributed by atoms with E-state index in [4.69, 9.17) is 11.6 Å². The van der Waals surface area contributed by atoms with Crippen LogP contribution in [0, 0.1) is 5.92 Å². The molecule has 0 spiro atoms. The molecule has 2 rings (SSSR count). The van der Waals surface area contributed by atoms with E-state index in [0.29, 0.717) is 6.04 Å². The van der Waals surface area contributed by atoms with E-state index in [-0.39, 0.29) is 0 Å². The Balaban J connectivity index is 1.88. The average molecular weight is 257 g/mol. The van der Waals surface area contributed by atoms with E-state index in [1.165, 1.54) is 51.5 Å². The highest BCUT2D eigenvalue weighted by Crippen LogP contribution is 2.30. The first-order chi connectivity index (χ1) is 8.27. The van der Waals surface area contributed by atoms with Gasteiger partial charge in [0.2, 0.25) is 0 Å². The fraction of sp³-hybridized carbons (Fsp3) is 0.857. The molecule has 0 aromatic heterocycles. The fourth-order valence-electron chi connectivity index (χ4n) is 3.38. The third-order valence-electron chi connectivity index (χ3n) is 4.24. The van der Waals surface area contributed by atoms with Gasteiger partial charge in [-0.25, -0.2) is 0 Å². The SMILES string of the molecule is C=C(Cl)CNC1CCCCC1C1CCCCN1. The number of piperidine rings is 1. The standard InChI is InChI=1S/C14H25ClN2/c1-11(15)10-17-14-7-3-2-6-12(14)13-8-4-5-9-16-13/h12-14,16-17H,1-10H2. The lowest BCUT2D eigenvalue weighted by Gasteiger charge is -2.40. The summed E-state index contributed by atoms with van der Waals surface area (Å²) >= 11 is 5.86. The van der Waals surface area contributed by atoms with Crippen LogP contribution in [0.25, 0.3) is 0 Å². The van der Waals surface area contributed by atoms with Crippen LogP contribution in [0.4, 0.5) is 0 Å². The van der Waals surface area contributed by atoms with Crippen molar-refractivity contribution >= 4 is 11.6 Å². The molecular formula is C14H25ClN2. The molecule has 0 aromatic rings. The number of halogens is 1. The fourth-order valence-corrected chi connectivity index (χ4v) is 3.46. The van der Waals surface area contributed by atoms with Crippen molar-refractivity contribution in [2.45, 2.75) is 57.0 Å². The summed E-state index contributed by atoms with van der Waals surface area (Å²) < 4.78 is 0. The monoisotopic (exact) mass is 256 g/mol. The summed E-state index contributed by atoms with van der Waals surface area (Å²) in [6, 6.07) is 1.36. The van der Waals surface area contributed by atoms with Crippen molar-refractivity contribution in [1.82, 2.24) is 10.6 Å². The summed E-state index contributed by atoms with van der Waals surface area (Å²) in [5.41, 5.74) is 0. The predicted molar refractivity (Wildman–Crippen MR) is 74.4 cm³/mol. The molecule has 0 aromatic carbocycles. The number of rotatable bonds is 4. The molecule has 2 nitrogen and oxygen atoms in total. The highest BCUT2D eigenvalue weighted by Gasteiger charge is 2.31. The smallest absolute Gasteiger partial charge is 0.0310 e. The maximum absolute atomic E-state index is 5.86. The Hall–Kier alpha value is -0.0500. The number of nitrogens with one attached hydrogen (secondary N) is 2. The van der Waals surface area contributed by atoms with Crippen molar-refractivity contribution in [3.8, 4) is 0 Å². The Labute approximate surface area is 110 Å². The first-order valence-corrected chi connectivity index (χ1v) is 7.45. The van der Waals surface area contributed by atoms with Gasteiger partial charge in [-0.15, -0.1) is 0 Å². The average Bonchev–Trinajstić information content (AvgIpc) is 2.38. The largest absolute Gasteiger partial charge is 0.314 e. The topological polar surface area (TPSA) is 24.1 Å². The molecule has 3 unspecified atom stereocenters. The maximum Gasteiger partial charge on any atom is 0.0310 e. The van der Waals surface area contributed by atoms with Crippen LogP contribution in [0.3, 0.4) is 0 Å². The molecule has 1 saturated heterocycles. The molecular weight excluding hydrogens is 232 g/mol. The molecule has 1 heterocycles. The first kappa shape index (κ1) is 13.4. The third-order valence-corrected chi connectivity index (χ3v) is 4.37. The Morgan fingerprint density at radius 2 is 1.94 bits per heavy atom. The van der Waals surface area contributed by atoms with Gasteiger partial charge >= 0.3 is 0 Å². The second-order valence-electron chi connectivity index (χ2n) is 5.51. The molecule has 3 atom stereocenters. The summed E-state index contributed by atoms with van der Waals surface area (Å²) in [5.74, 6) is 0.792. The zero-order valence-electron chi connectivity index (χ0n) is 10.7. The molecule has 0 amide bonds. The molecule has 0 bridgehead atoms. The zero-order chi connectivity index (χ0) is 12.1. The Kier molecular flexibility index (Phi) is 5.33. The highest BCUT2D eigenvalue weighted by atomic mass is 35.5. The van der Waals surface area contributed by atoms with Gasteiger partial charge in [0.15, 0.2) is 0 Å². The zero-order valence-corrected chi connectivity index (χ0v) is 11.4. The normalized spacial score (nSPS) is 34.5. The summed E-state index contributed by atoms with van der Waals surface area (Å²) in [4.78, 5) is 0. The molecule has 17 heavy (non-hydrogen) atoms. The first-order valence-electron chi connectivity index (χ1n) is 7.07. The minimum Gasteiger partial charge on any atom is -0.314 e.